The summed E-state index contributed by atoms with van der Waals surface area (Å²) in [5.41, 5.74) is -0.169. The zero-order chi connectivity index (χ0) is 26.5. The highest BCUT2D eigenvalue weighted by atomic mass is 35.5. The van der Waals surface area contributed by atoms with Gasteiger partial charge < -0.3 is 14.8 Å². The van der Waals surface area contributed by atoms with Gasteiger partial charge in [-0.2, -0.15) is 0 Å². The molecule has 36 heavy (non-hydrogen) atoms. The Morgan fingerprint density at radius 1 is 0.917 bits per heavy atom. The fourth-order valence-electron chi connectivity index (χ4n) is 2.90. The number of imide groups is 1. The molecule has 3 aromatic carbocycles. The average Bonchev–Trinajstić information content (AvgIpc) is 2.82. The number of hydrogen-bond acceptors (Lipinski definition) is 7. The lowest BCUT2D eigenvalue weighted by atomic mass is 10.1. The highest BCUT2D eigenvalue weighted by molar-refractivity contribution is 7.91. The number of sulfone groups is 1. The second kappa shape index (κ2) is 11.6. The fraction of sp³-hybridized carbons (Fsp3) is 0.0870. The van der Waals surface area contributed by atoms with Gasteiger partial charge in [-0.1, -0.05) is 40.9 Å². The van der Waals surface area contributed by atoms with Crippen molar-refractivity contribution in [2.45, 2.75) is 4.90 Å². The number of esters is 1. The smallest absolute Gasteiger partial charge is 0.341 e. The molecule has 3 amide bonds. The quantitative estimate of drug-likeness (QED) is 0.373. The van der Waals surface area contributed by atoms with Gasteiger partial charge in [0.05, 0.1) is 27.6 Å². The lowest BCUT2D eigenvalue weighted by molar-refractivity contribution is 0.0596. The fourth-order valence-corrected chi connectivity index (χ4v) is 4.56. The molecule has 188 valence electrons. The highest BCUT2D eigenvalue weighted by Gasteiger charge is 2.21. The van der Waals surface area contributed by atoms with Gasteiger partial charge in [0.1, 0.15) is 11.3 Å². The minimum absolute atomic E-state index is 0.0234. The molecule has 0 radical (unpaired) electrons. The first-order chi connectivity index (χ1) is 17.0. The molecule has 0 aromatic heterocycles. The van der Waals surface area contributed by atoms with Crippen LogP contribution in [0.3, 0.4) is 0 Å². The van der Waals surface area contributed by atoms with Crippen LogP contribution in [-0.2, 0) is 14.6 Å². The average molecular weight is 572 g/mol. The molecule has 9 nitrogen and oxygen atoms in total. The molecule has 0 aliphatic carbocycles. The van der Waals surface area contributed by atoms with Crippen LogP contribution in [0.4, 0.5) is 10.5 Å². The molecule has 0 atom stereocenters. The number of nitrogens with one attached hydrogen (secondary N) is 2. The summed E-state index contributed by atoms with van der Waals surface area (Å²) in [4.78, 5) is 36.9. The van der Waals surface area contributed by atoms with Crippen molar-refractivity contribution >= 4 is 68.2 Å². The molecular weight excluding hydrogens is 555 g/mol. The second-order valence-corrected chi connectivity index (χ2v) is 10.2. The SMILES string of the molecule is COC(=O)c1cc(NC(=O)NC(=O)c2c(Cl)cccc2Cl)ccc1OCS(=O)(=O)c1ccc(Cl)cc1. The van der Waals surface area contributed by atoms with E-state index in [1.807, 2.05) is 0 Å². The normalized spacial score (nSPS) is 10.9. The predicted molar refractivity (Wildman–Crippen MR) is 135 cm³/mol. The van der Waals surface area contributed by atoms with E-state index in [1.165, 1.54) is 54.6 Å². The maximum atomic E-state index is 12.5. The summed E-state index contributed by atoms with van der Waals surface area (Å²) in [7, 11) is -2.75. The number of ether oxygens (including phenoxy) is 2. The van der Waals surface area contributed by atoms with Gasteiger partial charge in [0, 0.05) is 10.7 Å². The third-order valence-electron chi connectivity index (χ3n) is 4.60. The van der Waals surface area contributed by atoms with E-state index in [0.29, 0.717) is 5.02 Å². The molecule has 3 rings (SSSR count). The predicted octanol–water partition coefficient (Wildman–Crippen LogP) is 5.21. The van der Waals surface area contributed by atoms with Crippen LogP contribution in [0.1, 0.15) is 20.7 Å². The third kappa shape index (κ3) is 6.67. The number of methoxy groups -OCH3 is 1. The molecule has 0 unspecified atom stereocenters. The number of halogens is 3. The molecule has 0 bridgehead atoms. The maximum Gasteiger partial charge on any atom is 0.341 e. The van der Waals surface area contributed by atoms with E-state index in [9.17, 15) is 22.8 Å². The molecule has 0 spiro atoms. The van der Waals surface area contributed by atoms with Crippen molar-refractivity contribution < 1.29 is 32.3 Å². The summed E-state index contributed by atoms with van der Waals surface area (Å²) >= 11 is 17.7. The number of carbonyl (C=O) groups excluding carboxylic acids is 3. The number of rotatable bonds is 7. The molecular formula is C23H17Cl3N2O7S. The minimum Gasteiger partial charge on any atom is -0.476 e. The summed E-state index contributed by atoms with van der Waals surface area (Å²) in [5, 5.41) is 4.93. The van der Waals surface area contributed by atoms with Crippen molar-refractivity contribution in [2.75, 3.05) is 18.4 Å². The number of hydrogen-bond donors (Lipinski definition) is 2. The molecule has 2 N–H and O–H groups in total. The molecule has 0 aliphatic rings. The highest BCUT2D eigenvalue weighted by Crippen LogP contribution is 2.26. The van der Waals surface area contributed by atoms with Crippen LogP contribution in [0, 0.1) is 0 Å². The number of benzene rings is 3. The van der Waals surface area contributed by atoms with Crippen LogP contribution in [0.15, 0.2) is 65.6 Å². The van der Waals surface area contributed by atoms with E-state index in [2.05, 4.69) is 10.6 Å². The zero-order valence-corrected chi connectivity index (χ0v) is 21.5. The third-order valence-corrected chi connectivity index (χ3v) is 6.90. The zero-order valence-electron chi connectivity index (χ0n) is 18.4. The summed E-state index contributed by atoms with van der Waals surface area (Å²) < 4.78 is 35.2. The Balaban J connectivity index is 1.75. The van der Waals surface area contributed by atoms with Gasteiger partial charge >= 0.3 is 12.0 Å². The van der Waals surface area contributed by atoms with Crippen LogP contribution < -0.4 is 15.4 Å². The lowest BCUT2D eigenvalue weighted by Gasteiger charge is -2.13. The van der Waals surface area contributed by atoms with E-state index >= 15 is 0 Å². The minimum atomic E-state index is -3.87. The Morgan fingerprint density at radius 3 is 2.17 bits per heavy atom. The standard InChI is InChI=1S/C23H17Cl3N2O7S/c1-34-22(30)16-11-14(27-23(31)28-21(29)20-17(25)3-2-4-18(20)26)7-10-19(16)35-12-36(32,33)15-8-5-13(24)6-9-15/h2-11H,12H2,1H3,(H2,27,28,29,31). The number of amides is 3. The van der Waals surface area contributed by atoms with Crippen LogP contribution in [0.5, 0.6) is 5.75 Å². The van der Waals surface area contributed by atoms with E-state index in [-0.39, 0.29) is 37.5 Å². The maximum absolute atomic E-state index is 12.5. The number of urea groups is 1. The van der Waals surface area contributed by atoms with E-state index < -0.39 is 33.7 Å². The van der Waals surface area contributed by atoms with E-state index in [0.717, 1.165) is 7.11 Å². The first-order valence-corrected chi connectivity index (χ1v) is 12.7. The summed E-state index contributed by atoms with van der Waals surface area (Å²) in [5.74, 6) is -2.58. The van der Waals surface area contributed by atoms with Gasteiger partial charge in [-0.05, 0) is 54.6 Å². The molecule has 0 saturated carbocycles. The number of anilines is 1. The Labute approximate surface area is 221 Å². The summed E-state index contributed by atoms with van der Waals surface area (Å²) in [6.45, 7) is 0. The van der Waals surface area contributed by atoms with Crippen LogP contribution >= 0.6 is 34.8 Å². The van der Waals surface area contributed by atoms with Gasteiger partial charge in [-0.25, -0.2) is 18.0 Å². The van der Waals surface area contributed by atoms with Gasteiger partial charge in [0.15, 0.2) is 5.94 Å². The van der Waals surface area contributed by atoms with Gasteiger partial charge in [0.2, 0.25) is 9.84 Å². The monoisotopic (exact) mass is 570 g/mol. The van der Waals surface area contributed by atoms with Crippen molar-refractivity contribution in [1.82, 2.24) is 5.32 Å². The summed E-state index contributed by atoms with van der Waals surface area (Å²) in [6, 6.07) is 12.8. The van der Waals surface area contributed by atoms with E-state index in [1.54, 1.807) is 6.07 Å². The van der Waals surface area contributed by atoms with Crippen molar-refractivity contribution in [3.05, 3.63) is 86.9 Å². The van der Waals surface area contributed by atoms with Gasteiger partial charge in [-0.15, -0.1) is 0 Å². The van der Waals surface area contributed by atoms with E-state index in [4.69, 9.17) is 44.3 Å². The van der Waals surface area contributed by atoms with Crippen molar-refractivity contribution in [2.24, 2.45) is 0 Å². The molecule has 13 heteroatoms. The van der Waals surface area contributed by atoms with Crippen LogP contribution in [0.2, 0.25) is 15.1 Å². The van der Waals surface area contributed by atoms with Crippen LogP contribution in [-0.4, -0.2) is 39.4 Å². The molecule has 3 aromatic rings. The topological polar surface area (TPSA) is 128 Å². The van der Waals surface area contributed by atoms with Crippen molar-refractivity contribution in [3.63, 3.8) is 0 Å². The van der Waals surface area contributed by atoms with Gasteiger partial charge in [-0.3, -0.25) is 10.1 Å². The lowest BCUT2D eigenvalue weighted by Crippen LogP contribution is -2.34. The summed E-state index contributed by atoms with van der Waals surface area (Å²) in [6.07, 6.45) is 0. The first-order valence-electron chi connectivity index (χ1n) is 9.91. The largest absolute Gasteiger partial charge is 0.476 e. The molecule has 0 saturated heterocycles. The number of carbonyl (C=O) groups is 3. The Morgan fingerprint density at radius 2 is 1.56 bits per heavy atom. The van der Waals surface area contributed by atoms with Crippen molar-refractivity contribution in [1.29, 1.82) is 0 Å². The second-order valence-electron chi connectivity index (χ2n) is 7.04. The Kier molecular flexibility index (Phi) is 8.80. The molecule has 0 aliphatic heterocycles. The Hall–Kier alpha value is -3.31. The molecule has 0 fully saturated rings. The first kappa shape index (κ1) is 27.3. The van der Waals surface area contributed by atoms with Gasteiger partial charge in [0.25, 0.3) is 5.91 Å². The Bertz CT molecular complexity index is 1410. The van der Waals surface area contributed by atoms with Crippen LogP contribution in [0.25, 0.3) is 0 Å². The van der Waals surface area contributed by atoms with Crippen molar-refractivity contribution in [3.8, 4) is 5.75 Å². The molecule has 0 heterocycles.